The largest absolute Gasteiger partial charge is 0.269 e. The second kappa shape index (κ2) is 4.76. The van der Waals surface area contributed by atoms with E-state index in [1.165, 1.54) is 23.9 Å². The molecule has 1 aromatic carbocycles. The average molecular weight is 232 g/mol. The number of nitro benzene ring substituents is 1. The first-order valence-corrected chi connectivity index (χ1v) is 5.40. The third kappa shape index (κ3) is 2.58. The first kappa shape index (κ1) is 10.6. The van der Waals surface area contributed by atoms with Gasteiger partial charge >= 0.3 is 0 Å². The van der Waals surface area contributed by atoms with E-state index in [1.807, 2.05) is 12.1 Å². The molecule has 0 saturated carbocycles. The molecule has 0 atom stereocenters. The molecule has 1 aromatic heterocycles. The molecule has 0 amide bonds. The Balaban J connectivity index is 2.14. The Morgan fingerprint density at radius 2 is 1.88 bits per heavy atom. The first-order chi connectivity index (χ1) is 7.75. The number of benzene rings is 1. The molecule has 0 radical (unpaired) electrons. The van der Waals surface area contributed by atoms with Crippen molar-refractivity contribution in [2.45, 2.75) is 9.79 Å². The molecule has 0 spiro atoms. The standard InChI is InChI=1S/C11H8N2O2S/c14-13(15)9-3-5-10(6-4-9)16-11-2-1-7-12-8-11/h1-8H. The summed E-state index contributed by atoms with van der Waals surface area (Å²) in [7, 11) is 0. The van der Waals surface area contributed by atoms with Crippen LogP contribution in [-0.4, -0.2) is 9.91 Å². The number of rotatable bonds is 3. The van der Waals surface area contributed by atoms with Crippen molar-refractivity contribution < 1.29 is 4.92 Å². The molecule has 0 fully saturated rings. The van der Waals surface area contributed by atoms with Crippen molar-refractivity contribution in [1.29, 1.82) is 0 Å². The van der Waals surface area contributed by atoms with Crippen LogP contribution in [0.15, 0.2) is 58.6 Å². The third-order valence-electron chi connectivity index (χ3n) is 1.92. The van der Waals surface area contributed by atoms with Crippen molar-refractivity contribution in [1.82, 2.24) is 4.98 Å². The minimum absolute atomic E-state index is 0.107. The fraction of sp³-hybridized carbons (Fsp3) is 0. The Hall–Kier alpha value is -1.88. The fourth-order valence-electron chi connectivity index (χ4n) is 1.18. The van der Waals surface area contributed by atoms with Crippen LogP contribution in [0.25, 0.3) is 0 Å². The van der Waals surface area contributed by atoms with Crippen molar-refractivity contribution in [2.75, 3.05) is 0 Å². The van der Waals surface area contributed by atoms with Gasteiger partial charge in [0.2, 0.25) is 0 Å². The maximum absolute atomic E-state index is 10.5. The lowest BCUT2D eigenvalue weighted by molar-refractivity contribution is -0.384. The first-order valence-electron chi connectivity index (χ1n) is 4.58. The molecule has 0 saturated heterocycles. The lowest BCUT2D eigenvalue weighted by Gasteiger charge is -1.99. The lowest BCUT2D eigenvalue weighted by atomic mass is 10.3. The van der Waals surface area contributed by atoms with Crippen molar-refractivity contribution in [3.63, 3.8) is 0 Å². The number of hydrogen-bond acceptors (Lipinski definition) is 4. The van der Waals surface area contributed by atoms with E-state index in [-0.39, 0.29) is 5.69 Å². The van der Waals surface area contributed by atoms with Gasteiger partial charge < -0.3 is 0 Å². The second-order valence-electron chi connectivity index (χ2n) is 3.04. The molecule has 0 unspecified atom stereocenters. The van der Waals surface area contributed by atoms with E-state index >= 15 is 0 Å². The van der Waals surface area contributed by atoms with Gasteiger partial charge in [-0.25, -0.2) is 0 Å². The third-order valence-corrected chi connectivity index (χ3v) is 2.90. The van der Waals surface area contributed by atoms with Gasteiger partial charge in [0.1, 0.15) is 0 Å². The molecule has 0 aliphatic heterocycles. The summed E-state index contributed by atoms with van der Waals surface area (Å²) in [5.41, 5.74) is 0.107. The van der Waals surface area contributed by atoms with E-state index in [4.69, 9.17) is 0 Å². The number of non-ortho nitro benzene ring substituents is 1. The van der Waals surface area contributed by atoms with Crippen molar-refractivity contribution in [3.8, 4) is 0 Å². The maximum Gasteiger partial charge on any atom is 0.269 e. The SMILES string of the molecule is O=[N+]([O-])c1ccc(Sc2cccnc2)cc1. The Morgan fingerprint density at radius 3 is 2.44 bits per heavy atom. The highest BCUT2D eigenvalue weighted by Gasteiger charge is 2.04. The van der Waals surface area contributed by atoms with Gasteiger partial charge in [-0.15, -0.1) is 0 Å². The molecular weight excluding hydrogens is 224 g/mol. The summed E-state index contributed by atoms with van der Waals surface area (Å²) in [5, 5.41) is 10.5. The molecule has 2 rings (SSSR count). The predicted octanol–water partition coefficient (Wildman–Crippen LogP) is 3.14. The summed E-state index contributed by atoms with van der Waals surface area (Å²) >= 11 is 1.52. The minimum Gasteiger partial charge on any atom is -0.264 e. The van der Waals surface area contributed by atoms with Crippen LogP contribution in [0.4, 0.5) is 5.69 Å². The van der Waals surface area contributed by atoms with Crippen LogP contribution in [0, 0.1) is 10.1 Å². The lowest BCUT2D eigenvalue weighted by Crippen LogP contribution is -1.86. The van der Waals surface area contributed by atoms with Crippen LogP contribution in [0.3, 0.4) is 0 Å². The van der Waals surface area contributed by atoms with Gasteiger partial charge in [0.25, 0.3) is 5.69 Å². The predicted molar refractivity (Wildman–Crippen MR) is 61.5 cm³/mol. The monoisotopic (exact) mass is 232 g/mol. The fourth-order valence-corrected chi connectivity index (χ4v) is 1.98. The van der Waals surface area contributed by atoms with Gasteiger partial charge in [-0.2, -0.15) is 0 Å². The summed E-state index contributed by atoms with van der Waals surface area (Å²) in [4.78, 5) is 16.0. The molecule has 2 aromatic rings. The highest BCUT2D eigenvalue weighted by atomic mass is 32.2. The topological polar surface area (TPSA) is 56.0 Å². The normalized spacial score (nSPS) is 10.0. The number of hydrogen-bond donors (Lipinski definition) is 0. The van der Waals surface area contributed by atoms with E-state index in [2.05, 4.69) is 4.98 Å². The van der Waals surface area contributed by atoms with Crippen molar-refractivity contribution >= 4 is 17.4 Å². The Morgan fingerprint density at radius 1 is 1.12 bits per heavy atom. The van der Waals surface area contributed by atoms with Crippen molar-refractivity contribution in [3.05, 3.63) is 58.9 Å². The number of nitrogens with zero attached hydrogens (tertiary/aromatic N) is 2. The molecule has 0 aliphatic rings. The maximum atomic E-state index is 10.5. The summed E-state index contributed by atoms with van der Waals surface area (Å²) < 4.78 is 0. The van der Waals surface area contributed by atoms with Crippen LogP contribution in [-0.2, 0) is 0 Å². The minimum atomic E-state index is -0.404. The van der Waals surface area contributed by atoms with Gasteiger partial charge in [-0.1, -0.05) is 11.8 Å². The van der Waals surface area contributed by atoms with Crippen molar-refractivity contribution in [2.24, 2.45) is 0 Å². The molecule has 4 nitrogen and oxygen atoms in total. The Labute approximate surface area is 96.5 Å². The van der Waals surface area contributed by atoms with Gasteiger partial charge in [0.05, 0.1) is 4.92 Å². The highest BCUT2D eigenvalue weighted by Crippen LogP contribution is 2.27. The van der Waals surface area contributed by atoms with Crippen LogP contribution >= 0.6 is 11.8 Å². The van der Waals surface area contributed by atoms with Crippen LogP contribution in [0.2, 0.25) is 0 Å². The molecule has 0 N–H and O–H groups in total. The van der Waals surface area contributed by atoms with Gasteiger partial charge in [0, 0.05) is 34.3 Å². The Bertz CT molecular complexity index is 485. The molecule has 5 heteroatoms. The Kier molecular flexibility index (Phi) is 3.16. The molecular formula is C11H8N2O2S. The zero-order valence-corrected chi connectivity index (χ0v) is 9.05. The molecule has 16 heavy (non-hydrogen) atoms. The zero-order valence-electron chi connectivity index (χ0n) is 8.24. The van der Waals surface area contributed by atoms with E-state index in [0.29, 0.717) is 0 Å². The summed E-state index contributed by atoms with van der Waals surface area (Å²) in [6, 6.07) is 10.3. The molecule has 0 aliphatic carbocycles. The molecule has 80 valence electrons. The molecule has 0 bridgehead atoms. The number of aromatic nitrogens is 1. The summed E-state index contributed by atoms with van der Waals surface area (Å²) in [6.07, 6.45) is 3.46. The number of pyridine rings is 1. The van der Waals surface area contributed by atoms with E-state index < -0.39 is 4.92 Å². The number of nitro groups is 1. The highest BCUT2D eigenvalue weighted by molar-refractivity contribution is 7.99. The van der Waals surface area contributed by atoms with Gasteiger partial charge in [0.15, 0.2) is 0 Å². The van der Waals surface area contributed by atoms with Crippen LogP contribution in [0.1, 0.15) is 0 Å². The van der Waals surface area contributed by atoms with E-state index in [1.54, 1.807) is 24.5 Å². The van der Waals surface area contributed by atoms with Gasteiger partial charge in [-0.3, -0.25) is 15.1 Å². The average Bonchev–Trinajstić information content (AvgIpc) is 2.31. The van der Waals surface area contributed by atoms with Gasteiger partial charge in [-0.05, 0) is 24.3 Å². The summed E-state index contributed by atoms with van der Waals surface area (Å²) in [5.74, 6) is 0. The zero-order chi connectivity index (χ0) is 11.4. The molecule has 1 heterocycles. The second-order valence-corrected chi connectivity index (χ2v) is 4.19. The van der Waals surface area contributed by atoms with E-state index in [9.17, 15) is 10.1 Å². The quantitative estimate of drug-likeness (QED) is 0.602. The van der Waals surface area contributed by atoms with Crippen LogP contribution < -0.4 is 0 Å². The smallest absolute Gasteiger partial charge is 0.264 e. The summed E-state index contributed by atoms with van der Waals surface area (Å²) in [6.45, 7) is 0. The van der Waals surface area contributed by atoms with Crippen LogP contribution in [0.5, 0.6) is 0 Å². The van der Waals surface area contributed by atoms with E-state index in [0.717, 1.165) is 9.79 Å².